The molecule has 0 radical (unpaired) electrons. The molecule has 0 fully saturated rings. The van der Waals surface area contributed by atoms with Crippen LogP contribution in [0.3, 0.4) is 0 Å². The number of hydrogen-bond acceptors (Lipinski definition) is 5. The molecule has 0 amide bonds. The van der Waals surface area contributed by atoms with Crippen molar-refractivity contribution in [2.24, 2.45) is 10.2 Å². The molecular weight excluding hydrogens is 450 g/mol. The fraction of sp³-hybridized carbons (Fsp3) is 0.400. The summed E-state index contributed by atoms with van der Waals surface area (Å²) in [6.45, 7) is 11.7. The van der Waals surface area contributed by atoms with Gasteiger partial charge in [-0.2, -0.15) is 10.2 Å². The van der Waals surface area contributed by atoms with E-state index in [9.17, 15) is 5.11 Å². The van der Waals surface area contributed by atoms with Crippen LogP contribution in [0.25, 0.3) is 0 Å². The standard InChI is InChI=1S/C30H40N3O3/c1-4-7-22-35-29-16-12-27(13-17-29)31-32-28-14-18-30(19-15-28)36-24-26-10-8-25(9-11-26)23-33(5-2,6-3)20-21-34/h8-19,34H,4-7,20-24H2,1-3H3/q+1. The molecule has 0 atom stereocenters. The van der Waals surface area contributed by atoms with Crippen molar-refractivity contribution in [3.63, 3.8) is 0 Å². The minimum atomic E-state index is 0.218. The Labute approximate surface area is 215 Å². The van der Waals surface area contributed by atoms with Crippen molar-refractivity contribution < 1.29 is 19.1 Å². The molecule has 0 bridgehead atoms. The van der Waals surface area contributed by atoms with Crippen molar-refractivity contribution in [1.82, 2.24) is 0 Å². The first-order chi connectivity index (χ1) is 17.6. The number of unbranched alkanes of at least 4 members (excludes halogenated alkanes) is 1. The second kappa shape index (κ2) is 14.4. The number of nitrogens with zero attached hydrogens (tertiary/aromatic N) is 3. The number of quaternary nitrogens is 1. The molecule has 36 heavy (non-hydrogen) atoms. The minimum Gasteiger partial charge on any atom is -0.494 e. The molecule has 0 unspecified atom stereocenters. The van der Waals surface area contributed by atoms with Gasteiger partial charge in [0.15, 0.2) is 0 Å². The predicted octanol–water partition coefficient (Wildman–Crippen LogP) is 7.21. The SMILES string of the molecule is CCCCOc1ccc(N=Nc2ccc(OCc3ccc(C[N+](CC)(CC)CCO)cc3)cc2)cc1. The van der Waals surface area contributed by atoms with E-state index in [0.29, 0.717) is 6.61 Å². The number of benzene rings is 3. The maximum Gasteiger partial charge on any atom is 0.119 e. The van der Waals surface area contributed by atoms with E-state index in [0.717, 1.165) is 78.5 Å². The van der Waals surface area contributed by atoms with Gasteiger partial charge in [-0.25, -0.2) is 0 Å². The van der Waals surface area contributed by atoms with Gasteiger partial charge in [-0.1, -0.05) is 37.6 Å². The van der Waals surface area contributed by atoms with E-state index < -0.39 is 0 Å². The summed E-state index contributed by atoms with van der Waals surface area (Å²) in [5, 5.41) is 18.1. The monoisotopic (exact) mass is 490 g/mol. The maximum atomic E-state index is 9.46. The summed E-state index contributed by atoms with van der Waals surface area (Å²) >= 11 is 0. The first kappa shape index (κ1) is 27.4. The Morgan fingerprint density at radius 2 is 1.22 bits per heavy atom. The van der Waals surface area contributed by atoms with Crippen LogP contribution in [0.15, 0.2) is 83.0 Å². The van der Waals surface area contributed by atoms with Gasteiger partial charge < -0.3 is 19.1 Å². The van der Waals surface area contributed by atoms with E-state index in [1.807, 2.05) is 48.5 Å². The summed E-state index contributed by atoms with van der Waals surface area (Å²) in [5.41, 5.74) is 3.96. The molecule has 0 heterocycles. The summed E-state index contributed by atoms with van der Waals surface area (Å²) in [4.78, 5) is 0. The second-order valence-electron chi connectivity index (χ2n) is 9.07. The first-order valence-electron chi connectivity index (χ1n) is 13.0. The molecule has 0 aliphatic carbocycles. The Morgan fingerprint density at radius 3 is 1.72 bits per heavy atom. The number of rotatable bonds is 15. The minimum absolute atomic E-state index is 0.218. The fourth-order valence-electron chi connectivity index (χ4n) is 4.02. The van der Waals surface area contributed by atoms with Gasteiger partial charge in [-0.3, -0.25) is 0 Å². The van der Waals surface area contributed by atoms with Crippen LogP contribution in [0, 0.1) is 0 Å². The van der Waals surface area contributed by atoms with Gasteiger partial charge in [-0.15, -0.1) is 0 Å². The summed E-state index contributed by atoms with van der Waals surface area (Å²) < 4.78 is 12.5. The average molecular weight is 491 g/mol. The highest BCUT2D eigenvalue weighted by atomic mass is 16.5. The van der Waals surface area contributed by atoms with Crippen LogP contribution in [0.1, 0.15) is 44.7 Å². The van der Waals surface area contributed by atoms with Gasteiger partial charge in [0, 0.05) is 5.56 Å². The number of hydrogen-bond donors (Lipinski definition) is 1. The average Bonchev–Trinajstić information content (AvgIpc) is 2.92. The van der Waals surface area contributed by atoms with E-state index >= 15 is 0 Å². The van der Waals surface area contributed by atoms with Crippen LogP contribution in [0.2, 0.25) is 0 Å². The van der Waals surface area contributed by atoms with Crippen LogP contribution in [0.5, 0.6) is 11.5 Å². The zero-order valence-electron chi connectivity index (χ0n) is 21.9. The quantitative estimate of drug-likeness (QED) is 0.139. The number of likely N-dealkylation sites (N-methyl/N-ethyl adjacent to an activating group) is 1. The van der Waals surface area contributed by atoms with Crippen molar-refractivity contribution in [2.75, 3.05) is 32.8 Å². The second-order valence-corrected chi connectivity index (χ2v) is 9.07. The molecule has 0 saturated heterocycles. The molecule has 192 valence electrons. The smallest absolute Gasteiger partial charge is 0.119 e. The Hall–Kier alpha value is -3.22. The van der Waals surface area contributed by atoms with Gasteiger partial charge in [0.05, 0.1) is 37.7 Å². The number of aliphatic hydroxyl groups excluding tert-OH is 1. The van der Waals surface area contributed by atoms with Crippen molar-refractivity contribution in [2.45, 2.75) is 46.8 Å². The van der Waals surface area contributed by atoms with Crippen LogP contribution in [-0.4, -0.2) is 42.4 Å². The Kier molecular flexibility index (Phi) is 10.9. The van der Waals surface area contributed by atoms with Gasteiger partial charge in [0.1, 0.15) is 31.2 Å². The van der Waals surface area contributed by atoms with Crippen LogP contribution in [0.4, 0.5) is 11.4 Å². The first-order valence-corrected chi connectivity index (χ1v) is 13.0. The Balaban J connectivity index is 1.49. The summed E-state index contributed by atoms with van der Waals surface area (Å²) in [6.07, 6.45) is 2.17. The van der Waals surface area contributed by atoms with E-state index in [1.165, 1.54) is 5.56 Å². The normalized spacial score (nSPS) is 11.7. The zero-order valence-corrected chi connectivity index (χ0v) is 21.9. The number of aliphatic hydroxyl groups is 1. The topological polar surface area (TPSA) is 63.4 Å². The van der Waals surface area contributed by atoms with Crippen molar-refractivity contribution >= 4 is 11.4 Å². The molecule has 3 rings (SSSR count). The van der Waals surface area contributed by atoms with E-state index in [1.54, 1.807) is 0 Å². The Bertz CT molecular complexity index is 1040. The van der Waals surface area contributed by atoms with Crippen LogP contribution < -0.4 is 9.47 Å². The van der Waals surface area contributed by atoms with E-state index in [4.69, 9.17) is 9.47 Å². The highest BCUT2D eigenvalue weighted by Crippen LogP contribution is 2.24. The van der Waals surface area contributed by atoms with Crippen LogP contribution in [-0.2, 0) is 13.2 Å². The Morgan fingerprint density at radius 1 is 0.694 bits per heavy atom. The molecule has 0 saturated carbocycles. The summed E-state index contributed by atoms with van der Waals surface area (Å²) in [5.74, 6) is 1.65. The molecule has 0 aromatic heterocycles. The molecule has 6 nitrogen and oxygen atoms in total. The summed E-state index contributed by atoms with van der Waals surface area (Å²) in [7, 11) is 0. The molecule has 1 N–H and O–H groups in total. The van der Waals surface area contributed by atoms with Gasteiger partial charge >= 0.3 is 0 Å². The lowest BCUT2D eigenvalue weighted by molar-refractivity contribution is -0.938. The lowest BCUT2D eigenvalue weighted by atomic mass is 10.1. The zero-order chi connectivity index (χ0) is 25.6. The van der Waals surface area contributed by atoms with Crippen molar-refractivity contribution in [1.29, 1.82) is 0 Å². The third-order valence-corrected chi connectivity index (χ3v) is 6.58. The number of azo groups is 1. The summed E-state index contributed by atoms with van der Waals surface area (Å²) in [6, 6.07) is 23.9. The third kappa shape index (κ3) is 8.47. The van der Waals surface area contributed by atoms with E-state index in [-0.39, 0.29) is 6.61 Å². The van der Waals surface area contributed by atoms with Crippen LogP contribution >= 0.6 is 0 Å². The molecule has 3 aromatic rings. The molecule has 0 aliphatic heterocycles. The van der Waals surface area contributed by atoms with Crippen molar-refractivity contribution in [3.8, 4) is 11.5 Å². The van der Waals surface area contributed by atoms with Gasteiger partial charge in [0.2, 0.25) is 0 Å². The van der Waals surface area contributed by atoms with Gasteiger partial charge in [-0.05, 0) is 74.4 Å². The highest BCUT2D eigenvalue weighted by Gasteiger charge is 2.22. The molecule has 3 aromatic carbocycles. The predicted molar refractivity (Wildman–Crippen MR) is 145 cm³/mol. The molecular formula is C30H40N3O3+. The highest BCUT2D eigenvalue weighted by molar-refractivity contribution is 5.44. The van der Waals surface area contributed by atoms with Crippen molar-refractivity contribution in [3.05, 3.63) is 83.9 Å². The van der Waals surface area contributed by atoms with Gasteiger partial charge in [0.25, 0.3) is 0 Å². The number of ether oxygens (including phenoxy) is 2. The third-order valence-electron chi connectivity index (χ3n) is 6.58. The lowest BCUT2D eigenvalue weighted by Gasteiger charge is -2.36. The van der Waals surface area contributed by atoms with E-state index in [2.05, 4.69) is 55.3 Å². The molecule has 0 aliphatic rings. The molecule has 6 heteroatoms. The lowest BCUT2D eigenvalue weighted by Crippen LogP contribution is -2.48. The largest absolute Gasteiger partial charge is 0.494 e. The fourth-order valence-corrected chi connectivity index (χ4v) is 4.02. The molecule has 0 spiro atoms. The maximum absolute atomic E-state index is 9.46.